The highest BCUT2D eigenvalue weighted by molar-refractivity contribution is 6.03. The molecule has 5 nitrogen and oxygen atoms in total. The number of carbonyl (C=O) groups is 1. The molecule has 0 fully saturated rings. The molecule has 4 N–H and O–H groups in total. The van der Waals surface area contributed by atoms with Gasteiger partial charge in [-0.1, -0.05) is 30.3 Å². The Bertz CT molecular complexity index is 761. The van der Waals surface area contributed by atoms with Gasteiger partial charge in [0.2, 0.25) is 0 Å². The van der Waals surface area contributed by atoms with Crippen LogP contribution in [-0.2, 0) is 12.8 Å². The Morgan fingerprint density at radius 2 is 1.72 bits per heavy atom. The lowest BCUT2D eigenvalue weighted by Gasteiger charge is -2.13. The van der Waals surface area contributed by atoms with Crippen LogP contribution >= 0.6 is 12.4 Å². The van der Waals surface area contributed by atoms with E-state index < -0.39 is 29.2 Å². The van der Waals surface area contributed by atoms with Crippen molar-refractivity contribution in [2.24, 2.45) is 16.5 Å². The number of nitrogens with zero attached hydrogens (tertiary/aromatic N) is 1. The molecule has 0 bridgehead atoms. The van der Waals surface area contributed by atoms with E-state index in [9.17, 15) is 18.0 Å². The zero-order chi connectivity index (χ0) is 17.7. The van der Waals surface area contributed by atoms with Crippen LogP contribution in [0.25, 0.3) is 0 Å². The molecule has 0 atom stereocenters. The zero-order valence-electron chi connectivity index (χ0n) is 12.8. The number of alkyl halides is 3. The molecule has 0 heterocycles. The van der Waals surface area contributed by atoms with E-state index in [2.05, 4.69) is 4.99 Å². The molecule has 0 saturated carbocycles. The quantitative estimate of drug-likeness (QED) is 0.636. The molecule has 1 amide bonds. The lowest BCUT2D eigenvalue weighted by molar-refractivity contribution is -0.138. The van der Waals surface area contributed by atoms with E-state index in [0.29, 0.717) is 0 Å². The van der Waals surface area contributed by atoms with Gasteiger partial charge in [0.05, 0.1) is 11.1 Å². The van der Waals surface area contributed by atoms with Gasteiger partial charge in [0.15, 0.2) is 5.96 Å². The minimum Gasteiger partial charge on any atom is -0.489 e. The van der Waals surface area contributed by atoms with Crippen molar-refractivity contribution in [1.29, 1.82) is 0 Å². The molecule has 0 aliphatic heterocycles. The second-order valence-corrected chi connectivity index (χ2v) is 4.82. The standard InChI is InChI=1S/C16H14F3N3O2.ClH/c17-16(18,19)13-8-11(24-9-10-4-2-1-3-5-10)6-7-12(13)14(23)22-15(20)21;/h1-8H,9H2,(H4,20,21,22,23);1H. The molecular formula is C16H15ClF3N3O2. The third-order valence-electron chi connectivity index (χ3n) is 3.01. The number of ether oxygens (including phenoxy) is 1. The first-order valence-electron chi connectivity index (χ1n) is 6.79. The largest absolute Gasteiger partial charge is 0.489 e. The van der Waals surface area contributed by atoms with Crippen LogP contribution in [-0.4, -0.2) is 11.9 Å². The second kappa shape index (κ2) is 8.39. The zero-order valence-corrected chi connectivity index (χ0v) is 13.6. The highest BCUT2D eigenvalue weighted by atomic mass is 35.5. The van der Waals surface area contributed by atoms with E-state index in [-0.39, 0.29) is 24.8 Å². The Morgan fingerprint density at radius 3 is 2.28 bits per heavy atom. The van der Waals surface area contributed by atoms with Crippen molar-refractivity contribution in [2.75, 3.05) is 0 Å². The van der Waals surface area contributed by atoms with Crippen molar-refractivity contribution < 1.29 is 22.7 Å². The Kier molecular flexibility index (Phi) is 6.81. The van der Waals surface area contributed by atoms with Crippen LogP contribution in [0.2, 0.25) is 0 Å². The molecule has 9 heteroatoms. The van der Waals surface area contributed by atoms with Gasteiger partial charge in [-0.15, -0.1) is 12.4 Å². The summed E-state index contributed by atoms with van der Waals surface area (Å²) in [6, 6.07) is 11.9. The van der Waals surface area contributed by atoms with E-state index in [1.54, 1.807) is 24.3 Å². The molecule has 2 aromatic rings. The van der Waals surface area contributed by atoms with Crippen LogP contribution in [0.1, 0.15) is 21.5 Å². The number of carbonyl (C=O) groups excluding carboxylic acids is 1. The monoisotopic (exact) mass is 373 g/mol. The highest BCUT2D eigenvalue weighted by Crippen LogP contribution is 2.35. The van der Waals surface area contributed by atoms with Gasteiger partial charge in [0.25, 0.3) is 5.91 Å². The van der Waals surface area contributed by atoms with E-state index >= 15 is 0 Å². The van der Waals surface area contributed by atoms with Crippen LogP contribution < -0.4 is 16.2 Å². The van der Waals surface area contributed by atoms with Crippen LogP contribution in [0, 0.1) is 0 Å². The van der Waals surface area contributed by atoms with Gasteiger partial charge >= 0.3 is 6.18 Å². The van der Waals surface area contributed by atoms with Gasteiger partial charge in [-0.25, -0.2) is 0 Å². The molecule has 134 valence electrons. The number of hydrogen-bond acceptors (Lipinski definition) is 2. The average molecular weight is 374 g/mol. The fourth-order valence-corrected chi connectivity index (χ4v) is 1.95. The van der Waals surface area contributed by atoms with E-state index in [1.165, 1.54) is 6.07 Å². The first-order valence-corrected chi connectivity index (χ1v) is 6.79. The molecular weight excluding hydrogens is 359 g/mol. The Morgan fingerprint density at radius 1 is 1.08 bits per heavy atom. The third kappa shape index (κ3) is 5.68. The van der Waals surface area contributed by atoms with Gasteiger partial charge in [-0.3, -0.25) is 4.79 Å². The van der Waals surface area contributed by atoms with E-state index in [4.69, 9.17) is 16.2 Å². The van der Waals surface area contributed by atoms with Crippen LogP contribution in [0.5, 0.6) is 5.75 Å². The minimum atomic E-state index is -4.75. The number of hydrogen-bond donors (Lipinski definition) is 2. The molecule has 0 radical (unpaired) electrons. The summed E-state index contributed by atoms with van der Waals surface area (Å²) < 4.78 is 44.9. The minimum absolute atomic E-state index is 0. The van der Waals surface area contributed by atoms with Crippen LogP contribution in [0.15, 0.2) is 53.5 Å². The van der Waals surface area contributed by atoms with Gasteiger partial charge in [-0.2, -0.15) is 18.2 Å². The molecule has 0 saturated heterocycles. The molecule has 2 aromatic carbocycles. The Balaban J connectivity index is 0.00000312. The normalized spacial score (nSPS) is 10.5. The summed E-state index contributed by atoms with van der Waals surface area (Å²) in [6.07, 6.45) is -4.75. The van der Waals surface area contributed by atoms with E-state index in [1.807, 2.05) is 6.07 Å². The summed E-state index contributed by atoms with van der Waals surface area (Å²) >= 11 is 0. The van der Waals surface area contributed by atoms with Crippen molar-refractivity contribution in [3.8, 4) is 5.75 Å². The number of amides is 1. The Labute approximate surface area is 147 Å². The maximum absolute atomic E-state index is 13.2. The van der Waals surface area contributed by atoms with Gasteiger partial charge in [-0.05, 0) is 23.8 Å². The third-order valence-corrected chi connectivity index (χ3v) is 3.01. The maximum Gasteiger partial charge on any atom is 0.417 e. The number of rotatable bonds is 4. The van der Waals surface area contributed by atoms with Crippen molar-refractivity contribution >= 4 is 24.3 Å². The summed E-state index contributed by atoms with van der Waals surface area (Å²) in [5.41, 5.74) is 9.05. The summed E-state index contributed by atoms with van der Waals surface area (Å²) in [5.74, 6) is -1.80. The maximum atomic E-state index is 13.2. The fraction of sp³-hybridized carbons (Fsp3) is 0.125. The summed E-state index contributed by atoms with van der Waals surface area (Å²) in [4.78, 5) is 14.9. The molecule has 0 spiro atoms. The number of aliphatic imine (C=N–C) groups is 1. The predicted octanol–water partition coefficient (Wildman–Crippen LogP) is 3.12. The summed E-state index contributed by atoms with van der Waals surface area (Å²) in [7, 11) is 0. The first-order chi connectivity index (χ1) is 11.3. The lowest BCUT2D eigenvalue weighted by atomic mass is 10.1. The van der Waals surface area contributed by atoms with Gasteiger partial charge in [0.1, 0.15) is 12.4 Å². The number of nitrogens with two attached hydrogens (primary N) is 2. The summed E-state index contributed by atoms with van der Waals surface area (Å²) in [5, 5.41) is 0. The lowest BCUT2D eigenvalue weighted by Crippen LogP contribution is -2.25. The molecule has 0 aromatic heterocycles. The molecule has 0 unspecified atom stereocenters. The van der Waals surface area contributed by atoms with Crippen molar-refractivity contribution in [2.45, 2.75) is 12.8 Å². The smallest absolute Gasteiger partial charge is 0.417 e. The van der Waals surface area contributed by atoms with Crippen molar-refractivity contribution in [1.82, 2.24) is 0 Å². The van der Waals surface area contributed by atoms with Gasteiger partial charge < -0.3 is 16.2 Å². The molecule has 0 aliphatic rings. The molecule has 2 rings (SSSR count). The van der Waals surface area contributed by atoms with Crippen molar-refractivity contribution in [3.63, 3.8) is 0 Å². The van der Waals surface area contributed by atoms with Crippen molar-refractivity contribution in [3.05, 3.63) is 65.2 Å². The second-order valence-electron chi connectivity index (χ2n) is 4.82. The first kappa shape index (κ1) is 20.3. The Hall–Kier alpha value is -2.74. The molecule has 0 aliphatic carbocycles. The predicted molar refractivity (Wildman–Crippen MR) is 89.6 cm³/mol. The fourth-order valence-electron chi connectivity index (χ4n) is 1.95. The van der Waals surface area contributed by atoms with Gasteiger partial charge in [0, 0.05) is 0 Å². The average Bonchev–Trinajstić information content (AvgIpc) is 2.52. The summed E-state index contributed by atoms with van der Waals surface area (Å²) in [6.45, 7) is 0.0966. The van der Waals surface area contributed by atoms with Crippen LogP contribution in [0.3, 0.4) is 0 Å². The number of benzene rings is 2. The molecule has 25 heavy (non-hydrogen) atoms. The topological polar surface area (TPSA) is 90.7 Å². The number of halogens is 4. The van der Waals surface area contributed by atoms with Crippen LogP contribution in [0.4, 0.5) is 13.2 Å². The number of guanidine groups is 1. The highest BCUT2D eigenvalue weighted by Gasteiger charge is 2.35. The van der Waals surface area contributed by atoms with E-state index in [0.717, 1.165) is 17.7 Å². The SMILES string of the molecule is Cl.NC(N)=NC(=O)c1ccc(OCc2ccccc2)cc1C(F)(F)F.